The van der Waals surface area contributed by atoms with E-state index in [2.05, 4.69) is 51.0 Å². The van der Waals surface area contributed by atoms with E-state index in [-0.39, 0.29) is 0 Å². The first-order valence-corrected chi connectivity index (χ1v) is 11.4. The summed E-state index contributed by atoms with van der Waals surface area (Å²) in [6.45, 7) is 2.65. The summed E-state index contributed by atoms with van der Waals surface area (Å²) in [7, 11) is 0. The Labute approximate surface area is 191 Å². The molecule has 0 saturated carbocycles. The number of thiophene rings is 1. The lowest BCUT2D eigenvalue weighted by atomic mass is 10.1. The summed E-state index contributed by atoms with van der Waals surface area (Å²) in [6.07, 6.45) is 5.88. The third-order valence-electron chi connectivity index (χ3n) is 5.27. The third-order valence-corrected chi connectivity index (χ3v) is 6.01. The molecule has 2 aromatic carbocycles. The van der Waals surface area contributed by atoms with Crippen LogP contribution in [0.2, 0.25) is 0 Å². The Hall–Kier alpha value is -3.32. The summed E-state index contributed by atoms with van der Waals surface area (Å²) in [4.78, 5) is 18.2. The van der Waals surface area contributed by atoms with Crippen molar-refractivity contribution >= 4 is 34.2 Å². The predicted octanol–water partition coefficient (Wildman–Crippen LogP) is 5.06. The predicted molar refractivity (Wildman–Crippen MR) is 129 cm³/mol. The van der Waals surface area contributed by atoms with Gasteiger partial charge in [0.15, 0.2) is 0 Å². The van der Waals surface area contributed by atoms with E-state index in [1.807, 2.05) is 36.5 Å². The highest BCUT2D eigenvalue weighted by molar-refractivity contribution is 7.07. The lowest BCUT2D eigenvalue weighted by Gasteiger charge is -2.22. The number of pyridine rings is 1. The van der Waals surface area contributed by atoms with Crippen LogP contribution < -0.4 is 5.48 Å². The maximum Gasteiger partial charge on any atom is 0.267 e. The monoisotopic (exact) mass is 443 g/mol. The van der Waals surface area contributed by atoms with E-state index >= 15 is 0 Å². The van der Waals surface area contributed by atoms with Crippen molar-refractivity contribution in [3.8, 4) is 0 Å². The Kier molecular flexibility index (Phi) is 7.40. The normalized spacial score (nSPS) is 11.4. The van der Waals surface area contributed by atoms with E-state index in [0.717, 1.165) is 37.1 Å². The minimum absolute atomic E-state index is 0.542. The number of hydroxylamine groups is 1. The Morgan fingerprint density at radius 3 is 2.62 bits per heavy atom. The Morgan fingerprint density at radius 1 is 1.03 bits per heavy atom. The van der Waals surface area contributed by atoms with Gasteiger partial charge in [-0.05, 0) is 63.7 Å². The van der Waals surface area contributed by atoms with E-state index in [1.54, 1.807) is 22.9 Å². The number of hydrogen-bond donors (Lipinski definition) is 2. The molecule has 0 fully saturated rings. The molecular formula is C26H25N3O2S. The van der Waals surface area contributed by atoms with Crippen LogP contribution in [0.15, 0.2) is 83.7 Å². The van der Waals surface area contributed by atoms with Crippen LogP contribution >= 0.6 is 11.3 Å². The smallest absolute Gasteiger partial charge is 0.267 e. The highest BCUT2D eigenvalue weighted by Crippen LogP contribution is 2.17. The highest BCUT2D eigenvalue weighted by atomic mass is 32.1. The van der Waals surface area contributed by atoms with Crippen LogP contribution in [0.1, 0.15) is 22.3 Å². The van der Waals surface area contributed by atoms with Gasteiger partial charge in [-0.25, -0.2) is 5.48 Å². The van der Waals surface area contributed by atoms with Gasteiger partial charge < -0.3 is 0 Å². The topological polar surface area (TPSA) is 65.5 Å². The zero-order valence-electron chi connectivity index (χ0n) is 17.6. The third kappa shape index (κ3) is 6.11. The summed E-state index contributed by atoms with van der Waals surface area (Å²) in [5, 5.41) is 14.1. The molecule has 2 aromatic heterocycles. The number of para-hydroxylation sites is 1. The summed E-state index contributed by atoms with van der Waals surface area (Å²) in [5.41, 5.74) is 7.29. The number of fused-ring (bicyclic) bond motifs is 1. The number of carbonyl (C=O) groups is 1. The standard InChI is InChI=1S/C26H25N3O2S/c30-26(28-31)10-9-20-5-7-21(8-6-20)17-29(18-23-12-14-32-19-23)13-11-22-15-24-3-1-2-4-25(24)27-16-22/h1-10,12,14-16,19,31H,11,13,17-18H2,(H,28,30)/b10-9+. The van der Waals surface area contributed by atoms with E-state index in [0.29, 0.717) is 0 Å². The Balaban J connectivity index is 1.44. The first-order valence-electron chi connectivity index (χ1n) is 10.5. The van der Waals surface area contributed by atoms with Gasteiger partial charge in [-0.3, -0.25) is 19.9 Å². The maximum atomic E-state index is 11.2. The van der Waals surface area contributed by atoms with Gasteiger partial charge in [0, 0.05) is 37.3 Å². The molecule has 4 rings (SSSR count). The van der Waals surface area contributed by atoms with E-state index in [1.165, 1.54) is 28.2 Å². The van der Waals surface area contributed by atoms with Crippen LogP contribution in [0.5, 0.6) is 0 Å². The Morgan fingerprint density at radius 2 is 1.84 bits per heavy atom. The molecule has 32 heavy (non-hydrogen) atoms. The van der Waals surface area contributed by atoms with Gasteiger partial charge >= 0.3 is 0 Å². The molecule has 162 valence electrons. The van der Waals surface area contributed by atoms with Crippen molar-refractivity contribution in [1.82, 2.24) is 15.4 Å². The zero-order valence-corrected chi connectivity index (χ0v) is 18.5. The number of nitrogens with zero attached hydrogens (tertiary/aromatic N) is 2. The molecule has 0 aliphatic heterocycles. The van der Waals surface area contributed by atoms with Gasteiger partial charge in [-0.2, -0.15) is 11.3 Å². The summed E-state index contributed by atoms with van der Waals surface area (Å²) < 4.78 is 0. The molecule has 0 aliphatic carbocycles. The fraction of sp³-hybridized carbons (Fsp3) is 0.154. The van der Waals surface area contributed by atoms with Crippen molar-refractivity contribution in [2.75, 3.05) is 6.54 Å². The molecule has 5 nitrogen and oxygen atoms in total. The second-order valence-corrected chi connectivity index (χ2v) is 8.46. The van der Waals surface area contributed by atoms with Crippen molar-refractivity contribution in [3.63, 3.8) is 0 Å². The highest BCUT2D eigenvalue weighted by Gasteiger charge is 2.09. The second kappa shape index (κ2) is 10.8. The van der Waals surface area contributed by atoms with E-state index in [9.17, 15) is 4.79 Å². The SMILES string of the molecule is O=C(/C=C/c1ccc(CN(CCc2cnc3ccccc3c2)Cc2ccsc2)cc1)NO. The number of carbonyl (C=O) groups excluding carboxylic acids is 1. The van der Waals surface area contributed by atoms with Crippen molar-refractivity contribution in [1.29, 1.82) is 0 Å². The lowest BCUT2D eigenvalue weighted by Crippen LogP contribution is -2.25. The van der Waals surface area contributed by atoms with Gasteiger partial charge in [0.1, 0.15) is 0 Å². The van der Waals surface area contributed by atoms with Crippen molar-refractivity contribution in [2.45, 2.75) is 19.5 Å². The fourth-order valence-corrected chi connectivity index (χ4v) is 4.26. The summed E-state index contributed by atoms with van der Waals surface area (Å²) >= 11 is 1.72. The summed E-state index contributed by atoms with van der Waals surface area (Å²) in [6, 6.07) is 20.7. The molecule has 1 amide bonds. The van der Waals surface area contributed by atoms with Gasteiger partial charge in [-0.1, -0.05) is 42.5 Å². The number of aromatic nitrogens is 1. The minimum Gasteiger partial charge on any atom is -0.294 e. The fourth-order valence-electron chi connectivity index (χ4n) is 3.60. The lowest BCUT2D eigenvalue weighted by molar-refractivity contribution is -0.124. The molecule has 0 bridgehead atoms. The minimum atomic E-state index is -0.542. The number of rotatable bonds is 9. The van der Waals surface area contributed by atoms with Crippen LogP contribution in [-0.4, -0.2) is 27.5 Å². The van der Waals surface area contributed by atoms with E-state index in [4.69, 9.17) is 5.21 Å². The molecule has 0 saturated heterocycles. The molecule has 0 aliphatic rings. The van der Waals surface area contributed by atoms with E-state index < -0.39 is 5.91 Å². The van der Waals surface area contributed by atoms with Gasteiger partial charge in [0.2, 0.25) is 0 Å². The number of hydrogen-bond acceptors (Lipinski definition) is 5. The average molecular weight is 444 g/mol. The molecule has 2 N–H and O–H groups in total. The molecule has 2 heterocycles. The van der Waals surface area contributed by atoms with Crippen LogP contribution in [0, 0.1) is 0 Å². The van der Waals surface area contributed by atoms with Crippen LogP contribution in [0.4, 0.5) is 0 Å². The number of benzene rings is 2. The molecule has 6 heteroatoms. The molecular weight excluding hydrogens is 418 g/mol. The second-order valence-electron chi connectivity index (χ2n) is 7.68. The van der Waals surface area contributed by atoms with Gasteiger partial charge in [0.25, 0.3) is 5.91 Å². The largest absolute Gasteiger partial charge is 0.294 e. The van der Waals surface area contributed by atoms with Crippen LogP contribution in [0.3, 0.4) is 0 Å². The molecule has 4 aromatic rings. The van der Waals surface area contributed by atoms with Crippen molar-refractivity contribution in [2.24, 2.45) is 0 Å². The van der Waals surface area contributed by atoms with Crippen molar-refractivity contribution in [3.05, 3.63) is 106 Å². The van der Waals surface area contributed by atoms with Crippen molar-refractivity contribution < 1.29 is 10.0 Å². The number of amides is 1. The quantitative estimate of drug-likeness (QED) is 0.216. The van der Waals surface area contributed by atoms with Gasteiger partial charge in [0.05, 0.1) is 5.52 Å². The number of nitrogens with one attached hydrogen (secondary N) is 1. The summed E-state index contributed by atoms with van der Waals surface area (Å²) in [5.74, 6) is -0.542. The molecule has 0 radical (unpaired) electrons. The first-order chi connectivity index (χ1) is 15.7. The van der Waals surface area contributed by atoms with Crippen LogP contribution in [0.25, 0.3) is 17.0 Å². The average Bonchev–Trinajstić information content (AvgIpc) is 3.35. The maximum absolute atomic E-state index is 11.2. The molecule has 0 atom stereocenters. The molecule has 0 spiro atoms. The first kappa shape index (κ1) is 21.9. The zero-order chi connectivity index (χ0) is 22.2. The van der Waals surface area contributed by atoms with Crippen LogP contribution in [-0.2, 0) is 24.3 Å². The van der Waals surface area contributed by atoms with Gasteiger partial charge in [-0.15, -0.1) is 0 Å². The Bertz CT molecular complexity index is 1190. The molecule has 0 unspecified atom stereocenters.